The molecule has 3 heterocycles. The normalized spacial score (nSPS) is 16.9. The van der Waals surface area contributed by atoms with Crippen LogP contribution in [0, 0.1) is 0 Å². The fourth-order valence-electron chi connectivity index (χ4n) is 3.34. The van der Waals surface area contributed by atoms with Crippen molar-refractivity contribution in [1.82, 2.24) is 25.1 Å². The molecule has 0 unspecified atom stereocenters. The number of aromatic nitrogens is 4. The average Bonchev–Trinajstić information content (AvgIpc) is 3.15. The van der Waals surface area contributed by atoms with Crippen LogP contribution in [0.5, 0.6) is 0 Å². The van der Waals surface area contributed by atoms with Gasteiger partial charge in [-0.15, -0.1) is 0 Å². The Hall–Kier alpha value is -2.58. The number of benzene rings is 1. The molecule has 1 aliphatic rings. The number of fused-ring (bicyclic) bond motifs is 1. The van der Waals surface area contributed by atoms with E-state index in [9.17, 15) is 4.79 Å². The van der Waals surface area contributed by atoms with Crippen molar-refractivity contribution in [3.05, 3.63) is 40.8 Å². The molecule has 3 N–H and O–H groups in total. The first-order valence-electron chi connectivity index (χ1n) is 8.97. The lowest BCUT2D eigenvalue weighted by atomic mass is 10.1. The molecule has 1 atom stereocenters. The first kappa shape index (κ1) is 18.8. The quantitative estimate of drug-likeness (QED) is 0.587. The number of nitrogens with one attached hydrogen (secondary N) is 3. The van der Waals surface area contributed by atoms with Crippen LogP contribution in [0.25, 0.3) is 11.0 Å². The van der Waals surface area contributed by atoms with Gasteiger partial charge < -0.3 is 15.5 Å². The maximum Gasteiger partial charge on any atom is 0.241 e. The van der Waals surface area contributed by atoms with Gasteiger partial charge in [-0.25, -0.2) is 9.97 Å². The number of carbonyl (C=O) groups excluding carboxylic acids is 1. The van der Waals surface area contributed by atoms with E-state index in [4.69, 9.17) is 23.2 Å². The molecule has 8 nitrogen and oxygen atoms in total. The molecule has 0 bridgehead atoms. The highest BCUT2D eigenvalue weighted by atomic mass is 35.5. The smallest absolute Gasteiger partial charge is 0.241 e. The van der Waals surface area contributed by atoms with Crippen LogP contribution in [-0.4, -0.2) is 56.6 Å². The SMILES string of the molecule is O=C(CNc1cc(Cl)cc(Cl)c1)N1CCC[C@@H](Nc2ncnc3[nH]ncc23)C1. The number of likely N-dealkylation sites (tertiary alicyclic amines) is 1. The summed E-state index contributed by atoms with van der Waals surface area (Å²) >= 11 is 12.0. The zero-order valence-corrected chi connectivity index (χ0v) is 16.5. The summed E-state index contributed by atoms with van der Waals surface area (Å²) in [6, 6.07) is 5.26. The number of nitrogens with zero attached hydrogens (tertiary/aromatic N) is 4. The fraction of sp³-hybridized carbons (Fsp3) is 0.333. The number of halogens is 2. The molecule has 4 rings (SSSR count). The van der Waals surface area contributed by atoms with E-state index in [1.165, 1.54) is 6.33 Å². The summed E-state index contributed by atoms with van der Waals surface area (Å²) in [5.74, 6) is 0.753. The van der Waals surface area contributed by atoms with E-state index < -0.39 is 0 Å². The third-order valence-electron chi connectivity index (χ3n) is 4.67. The predicted molar refractivity (Wildman–Crippen MR) is 110 cm³/mol. The van der Waals surface area contributed by atoms with Gasteiger partial charge in [0.25, 0.3) is 0 Å². The summed E-state index contributed by atoms with van der Waals surface area (Å²) in [7, 11) is 0. The molecule has 10 heteroatoms. The number of piperidine rings is 1. The molecule has 146 valence electrons. The minimum atomic E-state index is 0.0266. The number of rotatable bonds is 5. The van der Waals surface area contributed by atoms with Gasteiger partial charge in [-0.2, -0.15) is 5.10 Å². The summed E-state index contributed by atoms with van der Waals surface area (Å²) in [4.78, 5) is 23.0. The Bertz CT molecular complexity index is 973. The highest BCUT2D eigenvalue weighted by Gasteiger charge is 2.24. The Kier molecular flexibility index (Phi) is 5.50. The van der Waals surface area contributed by atoms with Gasteiger partial charge in [0.1, 0.15) is 12.1 Å². The summed E-state index contributed by atoms with van der Waals surface area (Å²) in [6.07, 6.45) is 5.08. The van der Waals surface area contributed by atoms with Crippen molar-refractivity contribution < 1.29 is 4.79 Å². The largest absolute Gasteiger partial charge is 0.376 e. The first-order valence-corrected chi connectivity index (χ1v) is 9.72. The van der Waals surface area contributed by atoms with Crippen molar-refractivity contribution >= 4 is 51.6 Å². The topological polar surface area (TPSA) is 98.8 Å². The van der Waals surface area contributed by atoms with E-state index in [2.05, 4.69) is 30.8 Å². The summed E-state index contributed by atoms with van der Waals surface area (Å²) in [5.41, 5.74) is 1.41. The van der Waals surface area contributed by atoms with Gasteiger partial charge >= 0.3 is 0 Å². The van der Waals surface area contributed by atoms with Crippen molar-refractivity contribution in [2.24, 2.45) is 0 Å². The molecule has 0 saturated carbocycles. The van der Waals surface area contributed by atoms with Crippen LogP contribution in [-0.2, 0) is 4.79 Å². The lowest BCUT2D eigenvalue weighted by Gasteiger charge is -2.33. The molecule has 0 aliphatic carbocycles. The van der Waals surface area contributed by atoms with Crippen molar-refractivity contribution in [3.8, 4) is 0 Å². The van der Waals surface area contributed by atoms with Gasteiger partial charge in [-0.05, 0) is 31.0 Å². The monoisotopic (exact) mass is 419 g/mol. The lowest BCUT2D eigenvalue weighted by molar-refractivity contribution is -0.130. The molecular weight excluding hydrogens is 401 g/mol. The van der Waals surface area contributed by atoms with Gasteiger partial charge in [0.15, 0.2) is 5.65 Å². The molecule has 3 aromatic rings. The average molecular weight is 420 g/mol. The van der Waals surface area contributed by atoms with Crippen molar-refractivity contribution in [1.29, 1.82) is 0 Å². The summed E-state index contributed by atoms with van der Waals surface area (Å²) in [6.45, 7) is 1.53. The highest BCUT2D eigenvalue weighted by Crippen LogP contribution is 2.23. The summed E-state index contributed by atoms with van der Waals surface area (Å²) in [5, 5.41) is 15.2. The number of hydrogen-bond donors (Lipinski definition) is 3. The van der Waals surface area contributed by atoms with E-state index in [1.54, 1.807) is 24.4 Å². The molecule has 2 aromatic heterocycles. The van der Waals surface area contributed by atoms with Crippen LogP contribution in [0.3, 0.4) is 0 Å². The third kappa shape index (κ3) is 4.28. The summed E-state index contributed by atoms with van der Waals surface area (Å²) < 4.78 is 0. The minimum absolute atomic E-state index is 0.0266. The van der Waals surface area contributed by atoms with Crippen LogP contribution in [0.4, 0.5) is 11.5 Å². The Morgan fingerprint density at radius 2 is 2.07 bits per heavy atom. The zero-order valence-electron chi connectivity index (χ0n) is 15.0. The second kappa shape index (κ2) is 8.20. The van der Waals surface area contributed by atoms with Gasteiger partial charge in [0.2, 0.25) is 5.91 Å². The van der Waals surface area contributed by atoms with Gasteiger partial charge in [0, 0.05) is 34.9 Å². The van der Waals surface area contributed by atoms with E-state index in [0.29, 0.717) is 22.2 Å². The molecular formula is C18H19Cl2N7O. The predicted octanol–water partition coefficient (Wildman–Crippen LogP) is 3.17. The van der Waals surface area contributed by atoms with Gasteiger partial charge in [0.05, 0.1) is 18.1 Å². The van der Waals surface area contributed by atoms with E-state index >= 15 is 0 Å². The Morgan fingerprint density at radius 3 is 2.89 bits per heavy atom. The first-order chi connectivity index (χ1) is 13.6. The molecule has 1 amide bonds. The number of amides is 1. The van der Waals surface area contributed by atoms with Crippen LogP contribution in [0.2, 0.25) is 10.0 Å². The molecule has 0 radical (unpaired) electrons. The second-order valence-corrected chi connectivity index (χ2v) is 7.56. The number of aromatic amines is 1. The molecule has 0 spiro atoms. The number of H-pyrrole nitrogens is 1. The van der Waals surface area contributed by atoms with E-state index in [1.807, 2.05) is 4.90 Å². The fourth-order valence-corrected chi connectivity index (χ4v) is 3.87. The maximum absolute atomic E-state index is 12.6. The molecule has 1 saturated heterocycles. The number of hydrogen-bond acceptors (Lipinski definition) is 6. The second-order valence-electron chi connectivity index (χ2n) is 6.69. The minimum Gasteiger partial charge on any atom is -0.376 e. The maximum atomic E-state index is 12.6. The van der Waals surface area contributed by atoms with Crippen molar-refractivity contribution in [2.75, 3.05) is 30.3 Å². The van der Waals surface area contributed by atoms with Crippen LogP contribution >= 0.6 is 23.2 Å². The molecule has 1 fully saturated rings. The zero-order chi connectivity index (χ0) is 19.5. The Morgan fingerprint density at radius 1 is 1.25 bits per heavy atom. The Balaban J connectivity index is 1.36. The van der Waals surface area contributed by atoms with Crippen LogP contribution < -0.4 is 10.6 Å². The van der Waals surface area contributed by atoms with Crippen molar-refractivity contribution in [2.45, 2.75) is 18.9 Å². The molecule has 28 heavy (non-hydrogen) atoms. The lowest BCUT2D eigenvalue weighted by Crippen LogP contribution is -2.47. The van der Waals surface area contributed by atoms with Crippen LogP contribution in [0.1, 0.15) is 12.8 Å². The third-order valence-corrected chi connectivity index (χ3v) is 5.11. The highest BCUT2D eigenvalue weighted by molar-refractivity contribution is 6.35. The number of anilines is 2. The van der Waals surface area contributed by atoms with E-state index in [-0.39, 0.29) is 18.5 Å². The van der Waals surface area contributed by atoms with Crippen LogP contribution in [0.15, 0.2) is 30.7 Å². The van der Waals surface area contributed by atoms with E-state index in [0.717, 1.165) is 36.3 Å². The van der Waals surface area contributed by atoms with Crippen molar-refractivity contribution in [3.63, 3.8) is 0 Å². The van der Waals surface area contributed by atoms with Gasteiger partial charge in [-0.3, -0.25) is 9.89 Å². The van der Waals surface area contributed by atoms with Gasteiger partial charge in [-0.1, -0.05) is 23.2 Å². The molecule has 1 aliphatic heterocycles. The standard InChI is InChI=1S/C18H19Cl2N7O/c19-11-4-12(20)6-14(5-11)21-8-16(28)27-3-1-2-13(9-27)25-17-15-7-24-26-18(15)23-10-22-17/h4-7,10,13,21H,1-3,8-9H2,(H2,22,23,24,25,26)/t13-/m1/s1. The number of carbonyl (C=O) groups is 1. The Labute approximate surface area is 171 Å². The molecule has 1 aromatic carbocycles.